The fourth-order valence-corrected chi connectivity index (χ4v) is 5.98. The van der Waals surface area contributed by atoms with Gasteiger partial charge in [-0.05, 0) is 72.1 Å². The highest BCUT2D eigenvalue weighted by atomic mass is 32.2. The molecular weight excluding hydrogens is 522 g/mol. The number of rotatable bonds is 16. The Balaban J connectivity index is 2.10. The van der Waals surface area contributed by atoms with Crippen molar-refractivity contribution in [1.29, 1.82) is 0 Å². The van der Waals surface area contributed by atoms with E-state index in [0.29, 0.717) is 38.6 Å². The van der Waals surface area contributed by atoms with Crippen LogP contribution < -0.4 is 10.0 Å². The van der Waals surface area contributed by atoms with Crippen molar-refractivity contribution in [1.82, 2.24) is 14.9 Å². The van der Waals surface area contributed by atoms with Crippen molar-refractivity contribution in [3.05, 3.63) is 25.3 Å². The SMILES string of the molecule is C=CCCCCCC(CC(=O)OC(C)(C)C)C(=O)N1CCCC1C(=O)NC(CC=C)C(=O)NS(=O)(=O)C1CC1. The second-order valence-corrected chi connectivity index (χ2v) is 13.4. The Kier molecular flexibility index (Phi) is 12.2. The molecule has 220 valence electrons. The van der Waals surface area contributed by atoms with E-state index >= 15 is 0 Å². The third-order valence-corrected chi connectivity index (χ3v) is 8.56. The molecule has 0 spiro atoms. The number of carbonyl (C=O) groups is 4. The highest BCUT2D eigenvalue weighted by Crippen LogP contribution is 2.28. The molecule has 0 aromatic carbocycles. The summed E-state index contributed by atoms with van der Waals surface area (Å²) in [4.78, 5) is 53.7. The monoisotopic (exact) mass is 567 g/mol. The van der Waals surface area contributed by atoms with Gasteiger partial charge in [-0.2, -0.15) is 0 Å². The van der Waals surface area contributed by atoms with Gasteiger partial charge in [0, 0.05) is 12.5 Å². The fourth-order valence-electron chi connectivity index (χ4n) is 4.63. The average molecular weight is 568 g/mol. The Hall–Kier alpha value is -2.69. The maximum absolute atomic E-state index is 13.6. The molecule has 1 aliphatic heterocycles. The van der Waals surface area contributed by atoms with Crippen LogP contribution in [0.3, 0.4) is 0 Å². The molecule has 2 rings (SSSR count). The molecule has 3 atom stereocenters. The van der Waals surface area contributed by atoms with Crippen LogP contribution in [-0.2, 0) is 33.9 Å². The minimum atomic E-state index is -3.78. The first-order valence-corrected chi connectivity index (χ1v) is 15.4. The topological polar surface area (TPSA) is 139 Å². The molecule has 3 amide bonds. The molecule has 2 N–H and O–H groups in total. The number of hydrogen-bond donors (Lipinski definition) is 2. The first-order valence-electron chi connectivity index (χ1n) is 13.9. The molecule has 3 unspecified atom stereocenters. The van der Waals surface area contributed by atoms with Crippen LogP contribution in [0.15, 0.2) is 25.3 Å². The molecule has 11 heteroatoms. The fraction of sp³-hybridized carbons (Fsp3) is 0.714. The molecule has 1 aliphatic carbocycles. The lowest BCUT2D eigenvalue weighted by molar-refractivity contribution is -0.159. The highest BCUT2D eigenvalue weighted by molar-refractivity contribution is 7.90. The Bertz CT molecular complexity index is 1010. The summed E-state index contributed by atoms with van der Waals surface area (Å²) in [5.74, 6) is -2.75. The summed E-state index contributed by atoms with van der Waals surface area (Å²) in [6, 6.07) is -1.96. The van der Waals surface area contributed by atoms with Crippen molar-refractivity contribution in [3.8, 4) is 0 Å². The molecule has 2 aliphatic rings. The number of nitrogens with zero attached hydrogens (tertiary/aromatic N) is 1. The van der Waals surface area contributed by atoms with Gasteiger partial charge in [0.2, 0.25) is 21.8 Å². The molecule has 2 fully saturated rings. The van der Waals surface area contributed by atoms with E-state index in [2.05, 4.69) is 23.2 Å². The van der Waals surface area contributed by atoms with E-state index in [0.717, 1.165) is 25.7 Å². The maximum atomic E-state index is 13.6. The van der Waals surface area contributed by atoms with Crippen LogP contribution in [0.2, 0.25) is 0 Å². The number of likely N-dealkylation sites (tertiary alicyclic amines) is 1. The summed E-state index contributed by atoms with van der Waals surface area (Å²) in [6.07, 6.45) is 9.15. The van der Waals surface area contributed by atoms with E-state index < -0.39 is 56.7 Å². The number of ether oxygens (including phenoxy) is 1. The summed E-state index contributed by atoms with van der Waals surface area (Å²) in [5, 5.41) is 2.04. The predicted molar refractivity (Wildman–Crippen MR) is 149 cm³/mol. The first-order chi connectivity index (χ1) is 18.3. The van der Waals surface area contributed by atoms with Crippen LogP contribution in [0.1, 0.15) is 91.4 Å². The number of hydrogen-bond acceptors (Lipinski definition) is 7. The second-order valence-electron chi connectivity index (χ2n) is 11.4. The van der Waals surface area contributed by atoms with E-state index in [-0.39, 0.29) is 18.7 Å². The zero-order valence-corrected chi connectivity index (χ0v) is 24.4. The summed E-state index contributed by atoms with van der Waals surface area (Å²) in [6.45, 7) is 13.0. The van der Waals surface area contributed by atoms with Crippen molar-refractivity contribution in [2.75, 3.05) is 6.54 Å². The minimum Gasteiger partial charge on any atom is -0.460 e. The van der Waals surface area contributed by atoms with Crippen LogP contribution in [0, 0.1) is 5.92 Å². The Morgan fingerprint density at radius 2 is 1.74 bits per heavy atom. The lowest BCUT2D eigenvalue weighted by Gasteiger charge is -2.30. The van der Waals surface area contributed by atoms with Crippen molar-refractivity contribution in [2.45, 2.75) is 114 Å². The van der Waals surface area contributed by atoms with Gasteiger partial charge >= 0.3 is 5.97 Å². The molecule has 0 aromatic heterocycles. The number of esters is 1. The van der Waals surface area contributed by atoms with Crippen LogP contribution >= 0.6 is 0 Å². The maximum Gasteiger partial charge on any atom is 0.307 e. The molecule has 1 heterocycles. The molecule has 0 aromatic rings. The first kappa shape index (κ1) is 32.5. The Morgan fingerprint density at radius 1 is 1.05 bits per heavy atom. The van der Waals surface area contributed by atoms with Crippen LogP contribution in [0.4, 0.5) is 0 Å². The van der Waals surface area contributed by atoms with Gasteiger partial charge in [-0.1, -0.05) is 25.0 Å². The lowest BCUT2D eigenvalue weighted by Crippen LogP contribution is -2.54. The molecule has 39 heavy (non-hydrogen) atoms. The molecule has 1 saturated carbocycles. The number of unbranched alkanes of at least 4 members (excludes halogenated alkanes) is 3. The summed E-state index contributed by atoms with van der Waals surface area (Å²) in [5.41, 5.74) is -0.682. The smallest absolute Gasteiger partial charge is 0.307 e. The molecule has 0 bridgehead atoms. The lowest BCUT2D eigenvalue weighted by atomic mass is 9.95. The summed E-state index contributed by atoms with van der Waals surface area (Å²) < 4.78 is 32.0. The normalized spacial score (nSPS) is 19.1. The molecule has 0 radical (unpaired) electrons. The number of nitrogens with one attached hydrogen (secondary N) is 2. The Morgan fingerprint density at radius 3 is 2.33 bits per heavy atom. The van der Waals surface area contributed by atoms with Crippen LogP contribution in [0.25, 0.3) is 0 Å². The van der Waals surface area contributed by atoms with Gasteiger partial charge in [-0.3, -0.25) is 23.9 Å². The quantitative estimate of drug-likeness (QED) is 0.166. The van der Waals surface area contributed by atoms with E-state index in [4.69, 9.17) is 4.74 Å². The van der Waals surface area contributed by atoms with Crippen molar-refractivity contribution in [2.24, 2.45) is 5.92 Å². The van der Waals surface area contributed by atoms with E-state index in [1.807, 2.05) is 6.08 Å². The van der Waals surface area contributed by atoms with Crippen molar-refractivity contribution >= 4 is 33.7 Å². The van der Waals surface area contributed by atoms with Gasteiger partial charge in [-0.15, -0.1) is 13.2 Å². The van der Waals surface area contributed by atoms with E-state index in [1.165, 1.54) is 11.0 Å². The summed E-state index contributed by atoms with van der Waals surface area (Å²) >= 11 is 0. The zero-order chi connectivity index (χ0) is 29.2. The molecule has 10 nitrogen and oxygen atoms in total. The van der Waals surface area contributed by atoms with E-state index in [9.17, 15) is 27.6 Å². The average Bonchev–Trinajstić information content (AvgIpc) is 3.59. The highest BCUT2D eigenvalue weighted by Gasteiger charge is 2.41. The predicted octanol–water partition coefficient (Wildman–Crippen LogP) is 3.13. The van der Waals surface area contributed by atoms with Gasteiger partial charge in [0.25, 0.3) is 5.91 Å². The van der Waals surface area contributed by atoms with Crippen LogP contribution in [0.5, 0.6) is 0 Å². The van der Waals surface area contributed by atoms with Gasteiger partial charge in [0.15, 0.2) is 0 Å². The van der Waals surface area contributed by atoms with Crippen LogP contribution in [-0.4, -0.2) is 66.5 Å². The molecule has 1 saturated heterocycles. The minimum absolute atomic E-state index is 0.0321. The van der Waals surface area contributed by atoms with Gasteiger partial charge in [0.05, 0.1) is 11.7 Å². The van der Waals surface area contributed by atoms with Crippen molar-refractivity contribution < 1.29 is 32.3 Å². The second kappa shape index (κ2) is 14.6. The largest absolute Gasteiger partial charge is 0.460 e. The van der Waals surface area contributed by atoms with Crippen molar-refractivity contribution in [3.63, 3.8) is 0 Å². The van der Waals surface area contributed by atoms with E-state index in [1.54, 1.807) is 20.8 Å². The van der Waals surface area contributed by atoms with Gasteiger partial charge < -0.3 is 15.0 Å². The number of amides is 3. The zero-order valence-electron chi connectivity index (χ0n) is 23.6. The third kappa shape index (κ3) is 10.8. The van der Waals surface area contributed by atoms with Gasteiger partial charge in [-0.25, -0.2) is 8.42 Å². The Labute approximate surface area is 233 Å². The summed E-state index contributed by atoms with van der Waals surface area (Å²) in [7, 11) is -3.78. The number of sulfonamides is 1. The molecular formula is C28H45N3O7S. The van der Waals surface area contributed by atoms with Gasteiger partial charge in [0.1, 0.15) is 17.7 Å². The third-order valence-electron chi connectivity index (χ3n) is 6.72. The standard InChI is InChI=1S/C28H45N3O7S/c1-6-8-9-10-11-14-20(19-24(32)38-28(3,4)5)27(35)31-18-12-15-23(31)26(34)29-22(13-7-2)25(33)30-39(36,37)21-16-17-21/h6-7,20-23H,1-2,8-19H2,3-5H3,(H,29,34)(H,30,33). The number of allylic oxidation sites excluding steroid dienone is 1. The number of carbonyl (C=O) groups excluding carboxylic acids is 4.